The number of hydrogen-bond acceptors (Lipinski definition) is 5. The van der Waals surface area contributed by atoms with Crippen molar-refractivity contribution in [2.24, 2.45) is 0 Å². The number of ether oxygens (including phenoxy) is 2. The molecule has 0 N–H and O–H groups in total. The maximum atomic E-state index is 13.3. The lowest BCUT2D eigenvalue weighted by atomic mass is 10.1. The average molecular weight is 482 g/mol. The molecule has 3 aromatic carbocycles. The molecule has 4 nitrogen and oxygen atoms in total. The highest BCUT2D eigenvalue weighted by Gasteiger charge is 2.34. The Balaban J connectivity index is 1.71. The van der Waals surface area contributed by atoms with Crippen LogP contribution in [0.1, 0.15) is 12.5 Å². The molecule has 1 amide bonds. The van der Waals surface area contributed by atoms with E-state index < -0.39 is 0 Å². The Kier molecular flexibility index (Phi) is 6.84. The van der Waals surface area contributed by atoms with Gasteiger partial charge in [0.15, 0.2) is 15.8 Å². The molecule has 0 aliphatic carbocycles. The van der Waals surface area contributed by atoms with Crippen LogP contribution in [0.3, 0.4) is 0 Å². The van der Waals surface area contributed by atoms with Crippen molar-refractivity contribution in [3.05, 3.63) is 82.7 Å². The van der Waals surface area contributed by atoms with Gasteiger partial charge in [-0.25, -0.2) is 0 Å². The number of benzene rings is 3. The van der Waals surface area contributed by atoms with Gasteiger partial charge in [-0.05, 0) is 42.1 Å². The Morgan fingerprint density at radius 1 is 1.16 bits per heavy atom. The zero-order valence-electron chi connectivity index (χ0n) is 17.3. The number of fused-ring (bicyclic) bond motifs is 1. The highest BCUT2D eigenvalue weighted by atomic mass is 35.5. The van der Waals surface area contributed by atoms with E-state index in [1.54, 1.807) is 29.2 Å². The molecule has 0 atom stereocenters. The summed E-state index contributed by atoms with van der Waals surface area (Å²) in [4.78, 5) is 15.4. The molecule has 1 heterocycles. The van der Waals surface area contributed by atoms with Crippen LogP contribution >= 0.6 is 35.6 Å². The number of halogens is 1. The highest BCUT2D eigenvalue weighted by molar-refractivity contribution is 8.27. The molecule has 1 aliphatic heterocycles. The van der Waals surface area contributed by atoms with Crippen molar-refractivity contribution in [3.8, 4) is 11.5 Å². The van der Waals surface area contributed by atoms with Gasteiger partial charge in [-0.2, -0.15) is 0 Å². The SMILES string of the molecule is C=CCOc1c(Cl)cc(/C=C2\SC(=S)N(c3cccc4ccccc34)C2=O)cc1OCC. The smallest absolute Gasteiger partial charge is 0.270 e. The fourth-order valence-electron chi connectivity index (χ4n) is 3.45. The Bertz CT molecular complexity index is 1250. The summed E-state index contributed by atoms with van der Waals surface area (Å²) >= 11 is 13.3. The van der Waals surface area contributed by atoms with Crippen LogP contribution in [-0.2, 0) is 4.79 Å². The normalized spacial score (nSPS) is 14.9. The number of thioether (sulfide) groups is 1. The molecule has 32 heavy (non-hydrogen) atoms. The Labute approximate surface area is 201 Å². The molecular weight excluding hydrogens is 462 g/mol. The van der Waals surface area contributed by atoms with Gasteiger partial charge in [0.25, 0.3) is 5.91 Å². The number of amides is 1. The molecule has 0 saturated carbocycles. The van der Waals surface area contributed by atoms with Crippen LogP contribution in [0.2, 0.25) is 5.02 Å². The van der Waals surface area contributed by atoms with E-state index in [-0.39, 0.29) is 5.91 Å². The first-order valence-corrected chi connectivity index (χ1v) is 11.6. The van der Waals surface area contributed by atoms with Gasteiger partial charge in [0, 0.05) is 5.39 Å². The standard InChI is InChI=1S/C25H20ClNO3S2/c1-3-12-30-23-19(26)13-16(14-21(23)29-4-2)15-22-24(28)27(25(31)32-22)20-11-7-9-17-8-5-6-10-18(17)20/h3,5-11,13-15H,1,4,12H2,2H3/b22-15-. The lowest BCUT2D eigenvalue weighted by molar-refractivity contribution is -0.113. The van der Waals surface area contributed by atoms with Gasteiger partial charge in [0.1, 0.15) is 6.61 Å². The minimum atomic E-state index is -0.169. The number of nitrogens with zero attached hydrogens (tertiary/aromatic N) is 1. The number of anilines is 1. The molecule has 7 heteroatoms. The predicted octanol–water partition coefficient (Wildman–Crippen LogP) is 6.86. The van der Waals surface area contributed by atoms with Crippen molar-refractivity contribution < 1.29 is 14.3 Å². The van der Waals surface area contributed by atoms with Crippen LogP contribution < -0.4 is 14.4 Å². The topological polar surface area (TPSA) is 38.8 Å². The van der Waals surface area contributed by atoms with Crippen LogP contribution in [0.4, 0.5) is 5.69 Å². The van der Waals surface area contributed by atoms with E-state index in [1.165, 1.54) is 11.8 Å². The number of rotatable bonds is 7. The van der Waals surface area contributed by atoms with E-state index in [0.717, 1.165) is 22.0 Å². The summed E-state index contributed by atoms with van der Waals surface area (Å²) in [7, 11) is 0. The average Bonchev–Trinajstić information content (AvgIpc) is 3.05. The summed E-state index contributed by atoms with van der Waals surface area (Å²) in [5.74, 6) is 0.795. The van der Waals surface area contributed by atoms with Gasteiger partial charge in [-0.15, -0.1) is 0 Å². The molecule has 1 aliphatic rings. The third-order valence-electron chi connectivity index (χ3n) is 4.78. The Morgan fingerprint density at radius 3 is 2.72 bits per heavy atom. The van der Waals surface area contributed by atoms with Crippen molar-refractivity contribution in [1.82, 2.24) is 0 Å². The maximum Gasteiger partial charge on any atom is 0.270 e. The zero-order chi connectivity index (χ0) is 22.7. The van der Waals surface area contributed by atoms with Gasteiger partial charge >= 0.3 is 0 Å². The van der Waals surface area contributed by atoms with Crippen molar-refractivity contribution >= 4 is 68.3 Å². The molecule has 0 bridgehead atoms. The highest BCUT2D eigenvalue weighted by Crippen LogP contribution is 2.41. The van der Waals surface area contributed by atoms with Crippen LogP contribution in [0.15, 0.2) is 72.2 Å². The van der Waals surface area contributed by atoms with Crippen LogP contribution in [0.25, 0.3) is 16.8 Å². The minimum Gasteiger partial charge on any atom is -0.490 e. The number of thiocarbonyl (C=S) groups is 1. The van der Waals surface area contributed by atoms with Gasteiger partial charge in [-0.3, -0.25) is 9.69 Å². The number of carbonyl (C=O) groups is 1. The van der Waals surface area contributed by atoms with Gasteiger partial charge in [0.05, 0.1) is 22.2 Å². The maximum absolute atomic E-state index is 13.3. The number of hydrogen-bond donors (Lipinski definition) is 0. The van der Waals surface area contributed by atoms with Crippen molar-refractivity contribution in [2.75, 3.05) is 18.1 Å². The zero-order valence-corrected chi connectivity index (χ0v) is 19.7. The first-order valence-electron chi connectivity index (χ1n) is 9.99. The van der Waals surface area contributed by atoms with Crippen LogP contribution in [-0.4, -0.2) is 23.4 Å². The molecule has 1 fully saturated rings. The van der Waals surface area contributed by atoms with Gasteiger partial charge in [-0.1, -0.05) is 84.6 Å². The third kappa shape index (κ3) is 4.39. The molecule has 0 aromatic heterocycles. The second kappa shape index (κ2) is 9.77. The van der Waals surface area contributed by atoms with E-state index in [0.29, 0.717) is 39.0 Å². The summed E-state index contributed by atoms with van der Waals surface area (Å²) in [6.45, 7) is 6.30. The summed E-state index contributed by atoms with van der Waals surface area (Å²) in [6, 6.07) is 17.3. The van der Waals surface area contributed by atoms with Crippen LogP contribution in [0, 0.1) is 0 Å². The van der Waals surface area contributed by atoms with E-state index in [1.807, 2.05) is 49.4 Å². The Hall–Kier alpha value is -2.80. The molecule has 4 rings (SSSR count). The van der Waals surface area contributed by atoms with E-state index in [9.17, 15) is 4.79 Å². The molecular formula is C25H20ClNO3S2. The summed E-state index contributed by atoms with van der Waals surface area (Å²) in [5.41, 5.74) is 1.50. The number of carbonyl (C=O) groups excluding carboxylic acids is 1. The van der Waals surface area contributed by atoms with E-state index in [2.05, 4.69) is 6.58 Å². The first-order chi connectivity index (χ1) is 15.5. The lowest BCUT2D eigenvalue weighted by Gasteiger charge is -2.17. The first kappa shape index (κ1) is 22.4. The van der Waals surface area contributed by atoms with Crippen molar-refractivity contribution in [2.45, 2.75) is 6.92 Å². The molecule has 162 valence electrons. The monoisotopic (exact) mass is 481 g/mol. The molecule has 3 aromatic rings. The Morgan fingerprint density at radius 2 is 1.94 bits per heavy atom. The predicted molar refractivity (Wildman–Crippen MR) is 138 cm³/mol. The second-order valence-electron chi connectivity index (χ2n) is 6.88. The van der Waals surface area contributed by atoms with Gasteiger partial charge < -0.3 is 9.47 Å². The van der Waals surface area contributed by atoms with Gasteiger partial charge in [0.2, 0.25) is 0 Å². The van der Waals surface area contributed by atoms with Crippen molar-refractivity contribution in [1.29, 1.82) is 0 Å². The quantitative estimate of drug-likeness (QED) is 0.209. The molecule has 1 saturated heterocycles. The summed E-state index contributed by atoms with van der Waals surface area (Å²) < 4.78 is 11.8. The van der Waals surface area contributed by atoms with E-state index in [4.69, 9.17) is 33.3 Å². The van der Waals surface area contributed by atoms with Crippen molar-refractivity contribution in [3.63, 3.8) is 0 Å². The second-order valence-corrected chi connectivity index (χ2v) is 8.96. The molecule has 0 unspecified atom stereocenters. The molecule has 0 spiro atoms. The molecule has 0 radical (unpaired) electrons. The third-order valence-corrected chi connectivity index (χ3v) is 6.36. The largest absolute Gasteiger partial charge is 0.490 e. The fraction of sp³-hybridized carbons (Fsp3) is 0.120. The fourth-order valence-corrected chi connectivity index (χ4v) is 5.01. The summed E-state index contributed by atoms with van der Waals surface area (Å²) in [5, 5.41) is 2.41. The van der Waals surface area contributed by atoms with Crippen LogP contribution in [0.5, 0.6) is 11.5 Å². The lowest BCUT2D eigenvalue weighted by Crippen LogP contribution is -2.27. The van der Waals surface area contributed by atoms with E-state index >= 15 is 0 Å². The minimum absolute atomic E-state index is 0.169. The summed E-state index contributed by atoms with van der Waals surface area (Å²) in [6.07, 6.45) is 3.41.